The maximum atomic E-state index is 10.6. The molecule has 0 aromatic rings. The van der Waals surface area contributed by atoms with Crippen molar-refractivity contribution in [1.29, 1.82) is 0 Å². The number of carbonyl (C=O) groups is 1. The van der Waals surface area contributed by atoms with Crippen LogP contribution in [0.2, 0.25) is 0 Å². The third kappa shape index (κ3) is 5.18. The minimum atomic E-state index is -4.45. The highest BCUT2D eigenvalue weighted by atomic mass is 32.2. The molecule has 5 nitrogen and oxygen atoms in total. The van der Waals surface area contributed by atoms with Crippen LogP contribution in [0.15, 0.2) is 0 Å². The second-order valence-corrected chi connectivity index (χ2v) is 4.79. The smallest absolute Gasteiger partial charge is 0.324 e. The van der Waals surface area contributed by atoms with Crippen molar-refractivity contribution in [2.75, 3.05) is 0 Å². The van der Waals surface area contributed by atoms with Gasteiger partial charge in [0.2, 0.25) is 0 Å². The standard InChI is InChI=1S/C8H16O5S/c1-2-3-4-5-6-7(8(9)10)14(11,12)13/h7H,2-6H2,1H3,(H,9,10)(H,11,12,13). The van der Waals surface area contributed by atoms with Crippen LogP contribution in [-0.2, 0) is 14.9 Å². The number of hydrogen-bond donors (Lipinski definition) is 2. The molecule has 2 N–H and O–H groups in total. The van der Waals surface area contributed by atoms with E-state index < -0.39 is 21.3 Å². The Balaban J connectivity index is 4.07. The molecule has 0 radical (unpaired) electrons. The summed E-state index contributed by atoms with van der Waals surface area (Å²) in [5.74, 6) is -1.48. The molecule has 0 aliphatic carbocycles. The van der Waals surface area contributed by atoms with Crippen molar-refractivity contribution in [2.45, 2.75) is 44.3 Å². The third-order valence-corrected chi connectivity index (χ3v) is 3.11. The highest BCUT2D eigenvalue weighted by molar-refractivity contribution is 7.87. The Labute approximate surface area is 83.9 Å². The Hall–Kier alpha value is -0.620. The fourth-order valence-electron chi connectivity index (χ4n) is 1.16. The number of aliphatic carboxylic acids is 1. The van der Waals surface area contributed by atoms with Crippen LogP contribution >= 0.6 is 0 Å². The molecule has 14 heavy (non-hydrogen) atoms. The second kappa shape index (κ2) is 5.98. The van der Waals surface area contributed by atoms with Gasteiger partial charge in [0.25, 0.3) is 10.1 Å². The predicted octanol–water partition coefficient (Wildman–Crippen LogP) is 1.30. The predicted molar refractivity (Wildman–Crippen MR) is 51.7 cm³/mol. The Bertz CT molecular complexity index is 269. The molecule has 0 heterocycles. The van der Waals surface area contributed by atoms with Crippen molar-refractivity contribution >= 4 is 16.1 Å². The summed E-state index contributed by atoms with van der Waals surface area (Å²) < 4.78 is 29.8. The van der Waals surface area contributed by atoms with E-state index >= 15 is 0 Å². The lowest BCUT2D eigenvalue weighted by Crippen LogP contribution is -2.29. The van der Waals surface area contributed by atoms with Gasteiger partial charge in [0.15, 0.2) is 5.25 Å². The third-order valence-electron chi connectivity index (χ3n) is 1.95. The first-order valence-corrected chi connectivity index (χ1v) is 6.09. The molecule has 0 aromatic carbocycles. The Kier molecular flexibility index (Phi) is 5.71. The van der Waals surface area contributed by atoms with Crippen molar-refractivity contribution < 1.29 is 22.9 Å². The fraction of sp³-hybridized carbons (Fsp3) is 0.875. The molecule has 1 unspecified atom stereocenters. The lowest BCUT2D eigenvalue weighted by molar-refractivity contribution is -0.136. The molecule has 0 saturated carbocycles. The second-order valence-electron chi connectivity index (χ2n) is 3.19. The van der Waals surface area contributed by atoms with Crippen molar-refractivity contribution in [3.63, 3.8) is 0 Å². The Morgan fingerprint density at radius 1 is 1.29 bits per heavy atom. The highest BCUT2D eigenvalue weighted by Gasteiger charge is 2.29. The van der Waals surface area contributed by atoms with E-state index in [9.17, 15) is 13.2 Å². The quantitative estimate of drug-likeness (QED) is 0.502. The van der Waals surface area contributed by atoms with Crippen molar-refractivity contribution in [1.82, 2.24) is 0 Å². The highest BCUT2D eigenvalue weighted by Crippen LogP contribution is 2.11. The van der Waals surface area contributed by atoms with E-state index in [2.05, 4.69) is 0 Å². The zero-order valence-electron chi connectivity index (χ0n) is 8.14. The molecule has 6 heteroatoms. The minimum absolute atomic E-state index is 0.0197. The molecule has 84 valence electrons. The molecule has 0 rings (SSSR count). The molecule has 0 spiro atoms. The van der Waals surface area contributed by atoms with E-state index in [0.29, 0.717) is 6.42 Å². The zero-order chi connectivity index (χ0) is 11.2. The fourth-order valence-corrected chi connectivity index (χ4v) is 1.88. The molecular weight excluding hydrogens is 208 g/mol. The van der Waals surface area contributed by atoms with Gasteiger partial charge in [-0.15, -0.1) is 0 Å². The van der Waals surface area contributed by atoms with Crippen molar-refractivity contribution in [2.24, 2.45) is 0 Å². The van der Waals surface area contributed by atoms with Crippen LogP contribution in [0.25, 0.3) is 0 Å². The Morgan fingerprint density at radius 3 is 2.21 bits per heavy atom. The van der Waals surface area contributed by atoms with Gasteiger partial charge in [-0.3, -0.25) is 9.35 Å². The number of rotatable bonds is 7. The monoisotopic (exact) mass is 224 g/mol. The summed E-state index contributed by atoms with van der Waals surface area (Å²) in [7, 11) is -4.45. The number of unbranched alkanes of at least 4 members (excludes halogenated alkanes) is 3. The van der Waals surface area contributed by atoms with Gasteiger partial charge in [-0.05, 0) is 6.42 Å². The first-order valence-electron chi connectivity index (χ1n) is 4.58. The maximum Gasteiger partial charge on any atom is 0.324 e. The van der Waals surface area contributed by atoms with E-state index in [1.54, 1.807) is 0 Å². The first-order chi connectivity index (χ1) is 6.39. The normalized spacial score (nSPS) is 13.9. The SMILES string of the molecule is CCCCCCC(C(=O)O)S(=O)(=O)O. The molecule has 0 bridgehead atoms. The number of carboxylic acids is 1. The first kappa shape index (κ1) is 13.4. The number of carboxylic acid groups (broad SMARTS) is 1. The lowest BCUT2D eigenvalue weighted by Gasteiger charge is -2.07. The molecule has 0 aliphatic rings. The molecule has 0 amide bonds. The minimum Gasteiger partial charge on any atom is -0.480 e. The van der Waals surface area contributed by atoms with Crippen LogP contribution in [0.4, 0.5) is 0 Å². The van der Waals surface area contributed by atoms with Crippen LogP contribution in [0.1, 0.15) is 39.0 Å². The van der Waals surface area contributed by atoms with Gasteiger partial charge in [-0.25, -0.2) is 0 Å². The van der Waals surface area contributed by atoms with Crippen LogP contribution in [-0.4, -0.2) is 29.3 Å². The van der Waals surface area contributed by atoms with Gasteiger partial charge in [0.1, 0.15) is 0 Å². The summed E-state index contributed by atoms with van der Waals surface area (Å²) >= 11 is 0. The van der Waals surface area contributed by atoms with Gasteiger partial charge in [-0.1, -0.05) is 32.6 Å². The average molecular weight is 224 g/mol. The van der Waals surface area contributed by atoms with E-state index in [1.165, 1.54) is 0 Å². The maximum absolute atomic E-state index is 10.6. The van der Waals surface area contributed by atoms with E-state index in [1.807, 2.05) is 6.92 Å². The topological polar surface area (TPSA) is 91.7 Å². The summed E-state index contributed by atoms with van der Waals surface area (Å²) in [5.41, 5.74) is 0. The van der Waals surface area contributed by atoms with Crippen LogP contribution in [0.5, 0.6) is 0 Å². The van der Waals surface area contributed by atoms with Gasteiger partial charge in [-0.2, -0.15) is 8.42 Å². The van der Waals surface area contributed by atoms with Gasteiger partial charge in [0.05, 0.1) is 0 Å². The van der Waals surface area contributed by atoms with Crippen molar-refractivity contribution in [3.05, 3.63) is 0 Å². The summed E-state index contributed by atoms with van der Waals surface area (Å²) in [6.07, 6.45) is 3.20. The molecular formula is C8H16O5S. The van der Waals surface area contributed by atoms with Crippen molar-refractivity contribution in [3.8, 4) is 0 Å². The molecule has 1 atom stereocenters. The Morgan fingerprint density at radius 2 is 1.86 bits per heavy atom. The molecule has 0 fully saturated rings. The van der Waals surface area contributed by atoms with Crippen LogP contribution < -0.4 is 0 Å². The van der Waals surface area contributed by atoms with Gasteiger partial charge in [0, 0.05) is 0 Å². The van der Waals surface area contributed by atoms with Gasteiger partial charge >= 0.3 is 5.97 Å². The zero-order valence-corrected chi connectivity index (χ0v) is 8.96. The van der Waals surface area contributed by atoms with Crippen LogP contribution in [0, 0.1) is 0 Å². The number of hydrogen-bond acceptors (Lipinski definition) is 3. The van der Waals surface area contributed by atoms with E-state index in [4.69, 9.17) is 9.66 Å². The lowest BCUT2D eigenvalue weighted by atomic mass is 10.1. The molecule has 0 aliphatic heterocycles. The van der Waals surface area contributed by atoms with E-state index in [0.717, 1.165) is 19.3 Å². The summed E-state index contributed by atoms with van der Waals surface area (Å²) in [5, 5.41) is 6.86. The average Bonchev–Trinajstić information content (AvgIpc) is 2.01. The molecule has 0 aromatic heterocycles. The summed E-state index contributed by atoms with van der Waals surface area (Å²) in [4.78, 5) is 10.5. The largest absolute Gasteiger partial charge is 0.480 e. The van der Waals surface area contributed by atoms with E-state index in [-0.39, 0.29) is 6.42 Å². The summed E-state index contributed by atoms with van der Waals surface area (Å²) in [6.45, 7) is 2.00. The van der Waals surface area contributed by atoms with Crippen LogP contribution in [0.3, 0.4) is 0 Å². The van der Waals surface area contributed by atoms with Gasteiger partial charge < -0.3 is 5.11 Å². The molecule has 0 saturated heterocycles. The summed E-state index contributed by atoms with van der Waals surface area (Å²) in [6, 6.07) is 0.